The van der Waals surface area contributed by atoms with Crippen molar-refractivity contribution in [2.75, 3.05) is 61.0 Å². The number of nitrogens with zero attached hydrogens (tertiary/aromatic N) is 2. The molecule has 0 saturated heterocycles. The van der Waals surface area contributed by atoms with Crippen LogP contribution in [-0.2, 0) is 59.4 Å². The summed E-state index contributed by atoms with van der Waals surface area (Å²) in [5, 5.41) is 10.6. The van der Waals surface area contributed by atoms with Crippen LogP contribution in [0.25, 0.3) is 44.9 Å². The fourth-order valence-corrected chi connectivity index (χ4v) is 8.68. The summed E-state index contributed by atoms with van der Waals surface area (Å²) >= 11 is 0. The highest BCUT2D eigenvalue weighted by molar-refractivity contribution is 5.95. The maximum Gasteiger partial charge on any atom is 0.311 e. The van der Waals surface area contributed by atoms with Gasteiger partial charge in [0.15, 0.2) is 0 Å². The number of hydrogen-bond donors (Lipinski definition) is 3. The van der Waals surface area contributed by atoms with Gasteiger partial charge in [0.25, 0.3) is 0 Å². The number of esters is 3. The molecule has 0 unspecified atom stereocenters. The maximum absolute atomic E-state index is 14.3. The normalized spacial score (nSPS) is 18.2. The van der Waals surface area contributed by atoms with Crippen LogP contribution in [0.15, 0.2) is 36.9 Å². The van der Waals surface area contributed by atoms with Crippen molar-refractivity contribution in [3.63, 3.8) is 0 Å². The average Bonchev–Trinajstić information content (AvgIpc) is 3.91. The fraction of sp³-hybridized carbons (Fsp3) is 0.447. The van der Waals surface area contributed by atoms with E-state index >= 15 is 0 Å². The van der Waals surface area contributed by atoms with Crippen LogP contribution >= 0.6 is 0 Å². The number of aromatic nitrogens is 4. The van der Waals surface area contributed by atoms with Crippen LogP contribution < -0.4 is 0 Å². The molecule has 0 amide bonds. The van der Waals surface area contributed by atoms with Crippen molar-refractivity contribution in [1.82, 2.24) is 19.9 Å². The number of aliphatic carboxylic acids is 1. The van der Waals surface area contributed by atoms with E-state index in [1.807, 2.05) is 58.0 Å². The third kappa shape index (κ3) is 9.30. The summed E-state index contributed by atoms with van der Waals surface area (Å²) in [4.78, 5) is 69.6. The third-order valence-corrected chi connectivity index (χ3v) is 12.2. The Hall–Kier alpha value is -5.90. The molecule has 0 radical (unpaired) electrons. The van der Waals surface area contributed by atoms with Gasteiger partial charge in [0.1, 0.15) is 6.61 Å². The van der Waals surface area contributed by atoms with Crippen LogP contribution in [0.5, 0.6) is 0 Å². The summed E-state index contributed by atoms with van der Waals surface area (Å²) in [7, 11) is 4.30. The monoisotopic (exact) mass is 852 g/mol. The third-order valence-electron chi connectivity index (χ3n) is 12.2. The van der Waals surface area contributed by atoms with Gasteiger partial charge >= 0.3 is 23.9 Å². The number of allylic oxidation sites excluding steroid dienone is 4. The average molecular weight is 853 g/mol. The van der Waals surface area contributed by atoms with Gasteiger partial charge in [-0.1, -0.05) is 18.7 Å². The van der Waals surface area contributed by atoms with Crippen LogP contribution in [0.4, 0.5) is 0 Å². The summed E-state index contributed by atoms with van der Waals surface area (Å²) in [5.41, 5.74) is 9.80. The number of carboxylic acids is 1. The molecule has 15 heteroatoms. The van der Waals surface area contributed by atoms with Gasteiger partial charge in [0.05, 0.1) is 87.3 Å². The Labute approximate surface area is 360 Å². The van der Waals surface area contributed by atoms with E-state index in [0.29, 0.717) is 72.0 Å². The molecule has 8 bridgehead atoms. The highest BCUT2D eigenvalue weighted by Crippen LogP contribution is 2.54. The molecule has 330 valence electrons. The maximum atomic E-state index is 14.3. The second kappa shape index (κ2) is 19.9. The largest absolute Gasteiger partial charge is 0.481 e. The number of fused-ring (bicyclic) bond motifs is 11. The number of carbonyl (C=O) groups is 4. The van der Waals surface area contributed by atoms with Gasteiger partial charge in [0.2, 0.25) is 0 Å². The van der Waals surface area contributed by atoms with Crippen molar-refractivity contribution in [1.29, 1.82) is 0 Å². The Balaban J connectivity index is 1.57. The van der Waals surface area contributed by atoms with Crippen molar-refractivity contribution < 1.29 is 52.7 Å². The van der Waals surface area contributed by atoms with Crippen LogP contribution in [0, 0.1) is 25.7 Å². The minimum Gasteiger partial charge on any atom is -0.481 e. The van der Waals surface area contributed by atoms with Gasteiger partial charge in [-0.3, -0.25) is 24.2 Å². The molecular formula is C47H56N4O11. The number of aromatic amines is 2. The molecule has 2 aliphatic heterocycles. The zero-order valence-electron chi connectivity index (χ0n) is 36.5. The Bertz CT molecular complexity index is 2480. The van der Waals surface area contributed by atoms with E-state index in [1.165, 1.54) is 14.2 Å². The lowest BCUT2D eigenvalue weighted by Crippen LogP contribution is -2.47. The quantitative estimate of drug-likeness (QED) is 0.0682. The highest BCUT2D eigenvalue weighted by Gasteiger charge is 2.56. The van der Waals surface area contributed by atoms with Crippen molar-refractivity contribution in [2.45, 2.75) is 65.2 Å². The summed E-state index contributed by atoms with van der Waals surface area (Å²) in [6, 6.07) is 7.65. The molecule has 0 aromatic carbocycles. The summed E-state index contributed by atoms with van der Waals surface area (Å²) in [6.07, 6.45) is 4.68. The van der Waals surface area contributed by atoms with Gasteiger partial charge < -0.3 is 43.5 Å². The van der Waals surface area contributed by atoms with E-state index in [1.54, 1.807) is 13.2 Å². The number of nitrogens with one attached hydrogen (secondary N) is 2. The molecule has 3 aromatic heterocycles. The minimum absolute atomic E-state index is 0.0802. The number of carbonyl (C=O) groups excluding carboxylic acids is 3. The number of hydrogen-bond acceptors (Lipinski definition) is 12. The van der Waals surface area contributed by atoms with Gasteiger partial charge in [-0.2, -0.15) is 0 Å². The molecule has 15 nitrogen and oxygen atoms in total. The van der Waals surface area contributed by atoms with E-state index in [0.717, 1.165) is 44.4 Å². The van der Waals surface area contributed by atoms with Crippen LogP contribution in [0.1, 0.15) is 84.6 Å². The second-order valence-corrected chi connectivity index (χ2v) is 15.7. The second-order valence-electron chi connectivity index (χ2n) is 15.7. The van der Waals surface area contributed by atoms with E-state index in [-0.39, 0.29) is 51.0 Å². The first-order valence-corrected chi connectivity index (χ1v) is 20.7. The van der Waals surface area contributed by atoms with Crippen molar-refractivity contribution in [3.8, 4) is 0 Å². The summed E-state index contributed by atoms with van der Waals surface area (Å²) < 4.78 is 31.8. The lowest BCUT2D eigenvalue weighted by Gasteiger charge is -2.40. The number of H-pyrrole nitrogens is 2. The smallest absolute Gasteiger partial charge is 0.311 e. The van der Waals surface area contributed by atoms with Crippen LogP contribution in [0.3, 0.4) is 0 Å². The zero-order chi connectivity index (χ0) is 44.7. The van der Waals surface area contributed by atoms with E-state index in [2.05, 4.69) is 16.5 Å². The summed E-state index contributed by atoms with van der Waals surface area (Å²) in [5.74, 6) is -4.81. The van der Waals surface area contributed by atoms with Crippen LogP contribution in [0.2, 0.25) is 0 Å². The Morgan fingerprint density at radius 1 is 0.790 bits per heavy atom. The fourth-order valence-electron chi connectivity index (χ4n) is 8.68. The molecule has 62 heavy (non-hydrogen) atoms. The predicted molar refractivity (Wildman–Crippen MR) is 234 cm³/mol. The first-order valence-electron chi connectivity index (χ1n) is 20.7. The molecular weight excluding hydrogens is 797 g/mol. The number of aryl methyl sites for hydroxylation is 3. The van der Waals surface area contributed by atoms with Crippen molar-refractivity contribution in [3.05, 3.63) is 81.9 Å². The van der Waals surface area contributed by atoms with E-state index < -0.39 is 29.2 Å². The lowest BCUT2D eigenvalue weighted by molar-refractivity contribution is -0.161. The SMILES string of the molecule is C=Cc1c(C)c2cc3nc(cc4[nH]c(cc5nc(cc1[nH]2)C(C)=C5CCC(=O)OC)c(CCC(=O)OC)c4C)[C@@]1(C)C3=CC[C@@H](C(=O)O)[C@H]1C(=O)OCCOCCOCCOC. The number of carboxylic acid groups (broad SMARTS) is 1. The molecule has 3 N–H and O–H groups in total. The molecule has 0 spiro atoms. The minimum atomic E-state index is -1.25. The van der Waals surface area contributed by atoms with Gasteiger partial charge in [-0.15, -0.1) is 0 Å². The molecule has 3 aliphatic rings. The zero-order valence-corrected chi connectivity index (χ0v) is 36.5. The van der Waals surface area contributed by atoms with Crippen LogP contribution in [-0.4, -0.2) is 110 Å². The van der Waals surface area contributed by atoms with Crippen molar-refractivity contribution >= 4 is 68.7 Å². The molecule has 0 fully saturated rings. The predicted octanol–water partition coefficient (Wildman–Crippen LogP) is 6.85. The van der Waals surface area contributed by atoms with Gasteiger partial charge in [-0.05, 0) is 105 Å². The van der Waals surface area contributed by atoms with Gasteiger partial charge in [0, 0.05) is 47.6 Å². The lowest BCUT2D eigenvalue weighted by atomic mass is 9.61. The number of methoxy groups -OCH3 is 3. The topological polar surface area (TPSA) is 201 Å². The standard InChI is InChI=1S/C47H56N4O11/c1-9-29-26(2)35-23-40-33-13-10-32(45(54)55)44(46(56)62-21-20-61-19-18-60-17-16-57-6)47(33,5)41(51-40)25-36-28(4)31(12-15-43(53)59-8)39(50-36)24-38-30(11-14-42(52)58-7)27(3)34(49-38)22-37(29)48-35/h9,13,22-25,32,44,48,50H,1,10-12,14-21H2,2-8H3,(H,54,55)/t32-,44+,47-/m1/s1. The Morgan fingerprint density at radius 3 is 2.06 bits per heavy atom. The van der Waals surface area contributed by atoms with E-state index in [4.69, 9.17) is 38.4 Å². The molecule has 3 aromatic rings. The molecule has 1 aliphatic carbocycles. The molecule has 5 heterocycles. The number of ether oxygens (including phenoxy) is 6. The highest BCUT2D eigenvalue weighted by atomic mass is 16.6. The van der Waals surface area contributed by atoms with Crippen molar-refractivity contribution in [2.24, 2.45) is 11.8 Å². The summed E-state index contributed by atoms with van der Waals surface area (Å²) in [6.45, 7) is 13.4. The molecule has 0 saturated carbocycles. The van der Waals surface area contributed by atoms with E-state index in [9.17, 15) is 24.3 Å². The Morgan fingerprint density at radius 2 is 1.40 bits per heavy atom. The molecule has 3 atom stereocenters. The first kappa shape index (κ1) is 45.6. The van der Waals surface area contributed by atoms with Gasteiger partial charge in [-0.25, -0.2) is 4.98 Å². The first-order chi connectivity index (χ1) is 29.8. The Kier molecular flexibility index (Phi) is 14.6. The molecule has 6 rings (SSSR count). The number of rotatable bonds is 18.